The van der Waals surface area contributed by atoms with E-state index < -0.39 is 26.2 Å². The topological polar surface area (TPSA) is 130 Å². The lowest BCUT2D eigenvalue weighted by atomic mass is 10.0. The Bertz CT molecular complexity index is 1350. The molecule has 0 radical (unpaired) electrons. The average Bonchev–Trinajstić information content (AvgIpc) is 2.67. The van der Waals surface area contributed by atoms with Gasteiger partial charge in [0.25, 0.3) is 20.1 Å². The Morgan fingerprint density at radius 1 is 0.839 bits per heavy atom. The van der Waals surface area contributed by atoms with Crippen LogP contribution in [0.1, 0.15) is 11.1 Å². The fraction of sp³-hybridized carbons (Fsp3) is 0.0952. The largest absolute Gasteiger partial charge is 0.333 e. The molecule has 0 bridgehead atoms. The van der Waals surface area contributed by atoms with E-state index in [-0.39, 0.29) is 21.0 Å². The van der Waals surface area contributed by atoms with Crippen LogP contribution in [0.25, 0.3) is 11.1 Å². The summed E-state index contributed by atoms with van der Waals surface area (Å²) >= 11 is 0. The fourth-order valence-electron chi connectivity index (χ4n) is 2.91. The number of carbonyl (C=O) groups excluding carboxylic acids is 1. The molecule has 0 aliphatic carbocycles. The van der Waals surface area contributed by atoms with E-state index in [0.717, 1.165) is 11.1 Å². The summed E-state index contributed by atoms with van der Waals surface area (Å²) in [5.74, 6) is 0. The molecule has 0 atom stereocenters. The molecule has 8 nitrogen and oxygen atoms in total. The lowest BCUT2D eigenvalue weighted by Gasteiger charge is -2.12. The second-order valence-electron chi connectivity index (χ2n) is 6.93. The number of carbonyl (C=O) groups is 1. The second kappa shape index (κ2) is 8.50. The Labute approximate surface area is 180 Å². The molecule has 3 aromatic rings. The number of sulfonamides is 1. The quantitative estimate of drug-likeness (QED) is 0.498. The van der Waals surface area contributed by atoms with Crippen molar-refractivity contribution < 1.29 is 26.2 Å². The first kappa shape index (κ1) is 22.5. The minimum Gasteiger partial charge on any atom is -0.307 e. The molecule has 0 aromatic heterocycles. The summed E-state index contributed by atoms with van der Waals surface area (Å²) in [5.41, 5.74) is 2.54. The molecule has 0 unspecified atom stereocenters. The van der Waals surface area contributed by atoms with Gasteiger partial charge in [-0.15, -0.1) is 0 Å². The van der Waals surface area contributed by atoms with Crippen LogP contribution < -0.4 is 10.0 Å². The molecule has 3 N–H and O–H groups in total. The number of hydrogen-bond acceptors (Lipinski definition) is 5. The van der Waals surface area contributed by atoms with Gasteiger partial charge in [0.2, 0.25) is 0 Å². The van der Waals surface area contributed by atoms with Gasteiger partial charge in [0.15, 0.2) is 0 Å². The van der Waals surface area contributed by atoms with E-state index in [9.17, 15) is 26.2 Å². The molecule has 10 heteroatoms. The number of amides is 2. The number of rotatable bonds is 5. The van der Waals surface area contributed by atoms with Gasteiger partial charge in [-0.1, -0.05) is 47.5 Å². The highest BCUT2D eigenvalue weighted by molar-refractivity contribution is 7.90. The van der Waals surface area contributed by atoms with Gasteiger partial charge in [-0.3, -0.25) is 4.55 Å². The minimum atomic E-state index is -4.47. The van der Waals surface area contributed by atoms with Crippen LogP contribution in [0.15, 0.2) is 76.5 Å². The highest BCUT2D eigenvalue weighted by Crippen LogP contribution is 2.30. The normalized spacial score (nSPS) is 11.7. The summed E-state index contributed by atoms with van der Waals surface area (Å²) in [6, 6.07) is 15.6. The van der Waals surface area contributed by atoms with E-state index in [4.69, 9.17) is 0 Å². The molecule has 0 heterocycles. The first-order chi connectivity index (χ1) is 14.5. The summed E-state index contributed by atoms with van der Waals surface area (Å²) in [6.45, 7) is 3.58. The monoisotopic (exact) mass is 460 g/mol. The van der Waals surface area contributed by atoms with Crippen molar-refractivity contribution in [3.05, 3.63) is 77.9 Å². The smallest absolute Gasteiger partial charge is 0.307 e. The van der Waals surface area contributed by atoms with Gasteiger partial charge >= 0.3 is 6.03 Å². The molecule has 0 saturated carbocycles. The SMILES string of the molecule is Cc1ccc(S(=O)(=O)NC(=O)Nc2cccc(-c3cc(C)ccc3S(=O)(=O)O)c2)cc1. The van der Waals surface area contributed by atoms with Crippen molar-refractivity contribution in [3.8, 4) is 11.1 Å². The maximum atomic E-state index is 12.4. The van der Waals surface area contributed by atoms with Crippen molar-refractivity contribution in [2.45, 2.75) is 23.6 Å². The van der Waals surface area contributed by atoms with E-state index >= 15 is 0 Å². The molecular weight excluding hydrogens is 440 g/mol. The molecule has 0 saturated heterocycles. The first-order valence-corrected chi connectivity index (χ1v) is 12.0. The molecule has 0 spiro atoms. The van der Waals surface area contributed by atoms with Crippen LogP contribution in [0.2, 0.25) is 0 Å². The molecule has 0 aliphatic rings. The van der Waals surface area contributed by atoms with Crippen molar-refractivity contribution in [2.75, 3.05) is 5.32 Å². The third-order valence-electron chi connectivity index (χ3n) is 4.40. The molecule has 3 aromatic carbocycles. The molecule has 31 heavy (non-hydrogen) atoms. The van der Waals surface area contributed by atoms with E-state index in [1.807, 2.05) is 11.6 Å². The van der Waals surface area contributed by atoms with E-state index in [2.05, 4.69) is 5.32 Å². The second-order valence-corrected chi connectivity index (χ2v) is 10.0. The molecule has 162 valence electrons. The van der Waals surface area contributed by atoms with Crippen LogP contribution in [-0.4, -0.2) is 27.4 Å². The van der Waals surface area contributed by atoms with Gasteiger partial charge in [-0.05, 0) is 49.7 Å². The lowest BCUT2D eigenvalue weighted by Crippen LogP contribution is -2.34. The zero-order chi connectivity index (χ0) is 22.8. The van der Waals surface area contributed by atoms with Crippen LogP contribution in [0.3, 0.4) is 0 Å². The van der Waals surface area contributed by atoms with Crippen LogP contribution >= 0.6 is 0 Å². The molecule has 2 amide bonds. The van der Waals surface area contributed by atoms with Crippen molar-refractivity contribution in [2.24, 2.45) is 0 Å². The third kappa shape index (κ3) is 5.48. The summed E-state index contributed by atoms with van der Waals surface area (Å²) < 4.78 is 59.6. The molecular formula is C21H20N2O6S2. The van der Waals surface area contributed by atoms with Gasteiger partial charge < -0.3 is 5.32 Å². The first-order valence-electron chi connectivity index (χ1n) is 9.05. The summed E-state index contributed by atoms with van der Waals surface area (Å²) in [5, 5.41) is 2.42. The third-order valence-corrected chi connectivity index (χ3v) is 6.66. The summed E-state index contributed by atoms with van der Waals surface area (Å²) in [6.07, 6.45) is 0. The number of benzene rings is 3. The fourth-order valence-corrected chi connectivity index (χ4v) is 4.52. The Hall–Kier alpha value is -3.21. The molecule has 3 rings (SSSR count). The standard InChI is InChI=1S/C21H20N2O6S2/c1-14-6-9-18(10-7-14)30(25,26)23-21(24)22-17-5-3-4-16(13-17)19-12-15(2)8-11-20(19)31(27,28)29/h3-13H,1-2H3,(H2,22,23,24)(H,27,28,29). The van der Waals surface area contributed by atoms with Crippen LogP contribution in [0.5, 0.6) is 0 Å². The Morgan fingerprint density at radius 3 is 2.13 bits per heavy atom. The highest BCUT2D eigenvalue weighted by atomic mass is 32.2. The number of anilines is 1. The zero-order valence-corrected chi connectivity index (χ0v) is 18.3. The highest BCUT2D eigenvalue weighted by Gasteiger charge is 2.19. The lowest BCUT2D eigenvalue weighted by molar-refractivity contribution is 0.256. The average molecular weight is 461 g/mol. The van der Waals surface area contributed by atoms with Crippen molar-refractivity contribution in [3.63, 3.8) is 0 Å². The Balaban J connectivity index is 1.86. The Kier molecular flexibility index (Phi) is 6.16. The number of nitrogens with one attached hydrogen (secondary N) is 2. The maximum Gasteiger partial charge on any atom is 0.333 e. The van der Waals surface area contributed by atoms with Crippen LogP contribution in [0, 0.1) is 13.8 Å². The summed E-state index contributed by atoms with van der Waals surface area (Å²) in [4.78, 5) is 11.9. The number of aryl methyl sites for hydroxylation is 2. The van der Waals surface area contributed by atoms with Crippen molar-refractivity contribution >= 4 is 31.9 Å². The van der Waals surface area contributed by atoms with Gasteiger partial charge in [0.1, 0.15) is 4.90 Å². The van der Waals surface area contributed by atoms with Gasteiger partial charge in [-0.2, -0.15) is 8.42 Å². The zero-order valence-electron chi connectivity index (χ0n) is 16.7. The Morgan fingerprint density at radius 2 is 1.48 bits per heavy atom. The van der Waals surface area contributed by atoms with E-state index in [1.165, 1.54) is 30.3 Å². The predicted molar refractivity (Wildman–Crippen MR) is 117 cm³/mol. The van der Waals surface area contributed by atoms with Crippen LogP contribution in [-0.2, 0) is 20.1 Å². The van der Waals surface area contributed by atoms with Crippen LogP contribution in [0.4, 0.5) is 10.5 Å². The predicted octanol–water partition coefficient (Wildman–Crippen LogP) is 3.73. The molecule has 0 aliphatic heterocycles. The van der Waals surface area contributed by atoms with E-state index in [0.29, 0.717) is 5.56 Å². The van der Waals surface area contributed by atoms with Gasteiger partial charge in [0, 0.05) is 11.3 Å². The molecule has 0 fully saturated rings. The van der Waals surface area contributed by atoms with Crippen molar-refractivity contribution in [1.82, 2.24) is 4.72 Å². The maximum absolute atomic E-state index is 12.4. The van der Waals surface area contributed by atoms with Gasteiger partial charge in [0.05, 0.1) is 4.90 Å². The van der Waals surface area contributed by atoms with Gasteiger partial charge in [-0.25, -0.2) is 17.9 Å². The minimum absolute atomic E-state index is 0.0560. The summed E-state index contributed by atoms with van der Waals surface area (Å²) in [7, 11) is -8.54. The van der Waals surface area contributed by atoms with Crippen molar-refractivity contribution in [1.29, 1.82) is 0 Å². The van der Waals surface area contributed by atoms with E-state index in [1.54, 1.807) is 43.3 Å². The number of hydrogen-bond donors (Lipinski definition) is 3. The number of urea groups is 1.